The Balaban J connectivity index is 3.69. The average Bonchev–Trinajstić information content (AvgIpc) is 1.82. The van der Waals surface area contributed by atoms with Gasteiger partial charge in [0.2, 0.25) is 0 Å². The van der Waals surface area contributed by atoms with E-state index >= 15 is 0 Å². The third kappa shape index (κ3) is 4.66. The third-order valence-corrected chi connectivity index (χ3v) is 2.22. The van der Waals surface area contributed by atoms with Crippen molar-refractivity contribution >= 4 is 22.6 Å². The second kappa shape index (κ2) is 4.99. The molecule has 0 amide bonds. The minimum atomic E-state index is 0.222. The topological polar surface area (TPSA) is 20.2 Å². The predicted octanol–water partition coefficient (Wildman–Crippen LogP) is 2.26. The Bertz CT molecular complexity index is 127. The normalized spacial score (nSPS) is 11.7. The lowest BCUT2D eigenvalue weighted by Gasteiger charge is -1.93. The van der Waals surface area contributed by atoms with Crippen molar-refractivity contribution in [3.8, 4) is 0 Å². The SMILES string of the molecule is C=C(C)/C(I)=C/CCO. The van der Waals surface area contributed by atoms with Crippen molar-refractivity contribution in [2.75, 3.05) is 6.61 Å². The number of rotatable bonds is 3. The Morgan fingerprint density at radius 2 is 2.33 bits per heavy atom. The zero-order chi connectivity index (χ0) is 7.28. The molecule has 0 rings (SSSR count). The molecule has 0 saturated heterocycles. The van der Waals surface area contributed by atoms with E-state index in [0.717, 1.165) is 15.6 Å². The number of hydrogen-bond donors (Lipinski definition) is 1. The van der Waals surface area contributed by atoms with Crippen LogP contribution in [0.2, 0.25) is 0 Å². The predicted molar refractivity (Wildman–Crippen MR) is 48.6 cm³/mol. The maximum atomic E-state index is 8.42. The summed E-state index contributed by atoms with van der Waals surface area (Å²) < 4.78 is 1.14. The summed E-state index contributed by atoms with van der Waals surface area (Å²) in [6, 6.07) is 0. The van der Waals surface area contributed by atoms with Crippen LogP contribution in [0.1, 0.15) is 13.3 Å². The Kier molecular flexibility index (Phi) is 5.09. The van der Waals surface area contributed by atoms with Crippen LogP contribution in [0, 0.1) is 0 Å². The van der Waals surface area contributed by atoms with Crippen LogP contribution in [-0.2, 0) is 0 Å². The van der Waals surface area contributed by atoms with Gasteiger partial charge in [-0.2, -0.15) is 0 Å². The van der Waals surface area contributed by atoms with E-state index in [-0.39, 0.29) is 6.61 Å². The molecule has 0 aromatic heterocycles. The molecule has 0 saturated carbocycles. The fourth-order valence-corrected chi connectivity index (χ4v) is 0.677. The molecule has 0 spiro atoms. The number of aliphatic hydroxyl groups excluding tert-OH is 1. The Morgan fingerprint density at radius 1 is 1.78 bits per heavy atom. The van der Waals surface area contributed by atoms with Gasteiger partial charge in [0.1, 0.15) is 0 Å². The van der Waals surface area contributed by atoms with Crippen molar-refractivity contribution in [2.45, 2.75) is 13.3 Å². The molecule has 0 heterocycles. The van der Waals surface area contributed by atoms with E-state index < -0.39 is 0 Å². The van der Waals surface area contributed by atoms with Gasteiger partial charge in [0.05, 0.1) is 0 Å². The van der Waals surface area contributed by atoms with Gasteiger partial charge < -0.3 is 5.11 Å². The summed E-state index contributed by atoms with van der Waals surface area (Å²) >= 11 is 2.21. The lowest BCUT2D eigenvalue weighted by atomic mass is 10.3. The number of allylic oxidation sites excluding steroid dienone is 2. The second-order valence-electron chi connectivity index (χ2n) is 1.84. The number of halogens is 1. The van der Waals surface area contributed by atoms with Crippen molar-refractivity contribution < 1.29 is 5.11 Å². The molecule has 0 atom stereocenters. The summed E-state index contributed by atoms with van der Waals surface area (Å²) in [6.07, 6.45) is 2.70. The molecule has 1 nitrogen and oxygen atoms in total. The van der Waals surface area contributed by atoms with Crippen molar-refractivity contribution in [3.05, 3.63) is 21.8 Å². The first-order chi connectivity index (χ1) is 4.18. The molecule has 0 radical (unpaired) electrons. The van der Waals surface area contributed by atoms with E-state index in [1.807, 2.05) is 13.0 Å². The average molecular weight is 238 g/mol. The van der Waals surface area contributed by atoms with E-state index in [4.69, 9.17) is 5.11 Å². The van der Waals surface area contributed by atoms with Gasteiger partial charge in [-0.3, -0.25) is 0 Å². The van der Waals surface area contributed by atoms with E-state index in [1.54, 1.807) is 0 Å². The highest BCUT2D eigenvalue weighted by molar-refractivity contribution is 14.1. The van der Waals surface area contributed by atoms with Crippen LogP contribution in [0.15, 0.2) is 21.8 Å². The largest absolute Gasteiger partial charge is 0.396 e. The highest BCUT2D eigenvalue weighted by atomic mass is 127. The zero-order valence-electron chi connectivity index (χ0n) is 5.52. The van der Waals surface area contributed by atoms with Crippen LogP contribution in [-0.4, -0.2) is 11.7 Å². The van der Waals surface area contributed by atoms with Gasteiger partial charge in [0, 0.05) is 10.2 Å². The highest BCUT2D eigenvalue weighted by Crippen LogP contribution is 2.15. The molecular formula is C7H11IO. The molecule has 0 bridgehead atoms. The lowest BCUT2D eigenvalue weighted by Crippen LogP contribution is -1.78. The quantitative estimate of drug-likeness (QED) is 0.590. The monoisotopic (exact) mass is 238 g/mol. The fourth-order valence-electron chi connectivity index (χ4n) is 0.366. The third-order valence-electron chi connectivity index (χ3n) is 0.860. The highest BCUT2D eigenvalue weighted by Gasteiger charge is 1.88. The van der Waals surface area contributed by atoms with Crippen LogP contribution in [0.25, 0.3) is 0 Å². The zero-order valence-corrected chi connectivity index (χ0v) is 7.68. The summed E-state index contributed by atoms with van der Waals surface area (Å²) in [7, 11) is 0. The van der Waals surface area contributed by atoms with Crippen LogP contribution >= 0.6 is 22.6 Å². The van der Waals surface area contributed by atoms with Crippen molar-refractivity contribution in [1.29, 1.82) is 0 Å². The van der Waals surface area contributed by atoms with Gasteiger partial charge in [-0.1, -0.05) is 12.7 Å². The summed E-state index contributed by atoms with van der Waals surface area (Å²) in [5.41, 5.74) is 1.06. The van der Waals surface area contributed by atoms with E-state index in [1.165, 1.54) is 0 Å². The van der Waals surface area contributed by atoms with Crippen LogP contribution in [0.4, 0.5) is 0 Å². The van der Waals surface area contributed by atoms with E-state index in [0.29, 0.717) is 0 Å². The first-order valence-electron chi connectivity index (χ1n) is 2.81. The molecule has 2 heteroatoms. The van der Waals surface area contributed by atoms with Gasteiger partial charge >= 0.3 is 0 Å². The van der Waals surface area contributed by atoms with Gasteiger partial charge in [-0.05, 0) is 41.5 Å². The minimum Gasteiger partial charge on any atom is -0.396 e. The molecule has 0 aliphatic heterocycles. The molecule has 9 heavy (non-hydrogen) atoms. The lowest BCUT2D eigenvalue weighted by molar-refractivity contribution is 0.302. The number of aliphatic hydroxyl groups is 1. The molecule has 0 aliphatic rings. The van der Waals surface area contributed by atoms with Crippen molar-refractivity contribution in [1.82, 2.24) is 0 Å². The summed E-state index contributed by atoms with van der Waals surface area (Å²) in [4.78, 5) is 0. The van der Waals surface area contributed by atoms with Crippen molar-refractivity contribution in [3.63, 3.8) is 0 Å². The fraction of sp³-hybridized carbons (Fsp3) is 0.429. The molecule has 0 aromatic rings. The molecule has 0 aromatic carbocycles. The van der Waals surface area contributed by atoms with Crippen LogP contribution < -0.4 is 0 Å². The first-order valence-corrected chi connectivity index (χ1v) is 3.88. The summed E-state index contributed by atoms with van der Waals surface area (Å²) in [5, 5.41) is 8.42. The standard InChI is InChI=1S/C7H11IO/c1-6(2)7(8)4-3-5-9/h4,9H,1,3,5H2,2H3/b7-4-. The second-order valence-corrected chi connectivity index (χ2v) is 3.01. The molecule has 0 fully saturated rings. The summed E-state index contributed by atoms with van der Waals surface area (Å²) in [5.74, 6) is 0. The molecule has 1 N–H and O–H groups in total. The maximum absolute atomic E-state index is 8.42. The first kappa shape index (κ1) is 9.17. The molecular weight excluding hydrogens is 227 g/mol. The molecule has 52 valence electrons. The Hall–Kier alpha value is 0.170. The van der Waals surface area contributed by atoms with Crippen molar-refractivity contribution in [2.24, 2.45) is 0 Å². The van der Waals surface area contributed by atoms with Gasteiger partial charge in [0.25, 0.3) is 0 Å². The Labute approximate surface area is 69.6 Å². The molecule has 0 unspecified atom stereocenters. The van der Waals surface area contributed by atoms with E-state index in [2.05, 4.69) is 29.2 Å². The molecule has 0 aliphatic carbocycles. The van der Waals surface area contributed by atoms with Crippen LogP contribution in [0.5, 0.6) is 0 Å². The number of hydrogen-bond acceptors (Lipinski definition) is 1. The van der Waals surface area contributed by atoms with Gasteiger partial charge in [-0.15, -0.1) is 0 Å². The smallest absolute Gasteiger partial charge is 0.0466 e. The summed E-state index contributed by atoms with van der Waals surface area (Å²) in [6.45, 7) is 5.93. The maximum Gasteiger partial charge on any atom is 0.0466 e. The van der Waals surface area contributed by atoms with E-state index in [9.17, 15) is 0 Å². The Morgan fingerprint density at radius 3 is 2.67 bits per heavy atom. The minimum absolute atomic E-state index is 0.222. The van der Waals surface area contributed by atoms with Gasteiger partial charge in [0.15, 0.2) is 0 Å². The van der Waals surface area contributed by atoms with Gasteiger partial charge in [-0.25, -0.2) is 0 Å². The van der Waals surface area contributed by atoms with Crippen LogP contribution in [0.3, 0.4) is 0 Å².